The molecule has 0 bridgehead atoms. The lowest BCUT2D eigenvalue weighted by Gasteiger charge is -2.25. The Morgan fingerprint density at radius 1 is 1.55 bits per heavy atom. The summed E-state index contributed by atoms with van der Waals surface area (Å²) in [5, 5.41) is 20.3. The molecule has 1 heterocycles. The highest BCUT2D eigenvalue weighted by atomic mass is 16.4. The normalized spacial score (nSPS) is 31.7. The number of carboxylic acid groups (broad SMARTS) is 1. The maximum Gasteiger partial charge on any atom is 0.307 e. The Bertz CT molecular complexity index is 141. The molecule has 2 atom stereocenters. The fourth-order valence-electron chi connectivity index (χ4n) is 1.28. The summed E-state index contributed by atoms with van der Waals surface area (Å²) in [6.07, 6.45) is 1.43. The molecule has 3 N–H and O–H groups in total. The summed E-state index contributed by atoms with van der Waals surface area (Å²) in [6.45, 7) is 0.590. The molecular formula is C7H13NO3. The highest BCUT2D eigenvalue weighted by Crippen LogP contribution is 2.13. The van der Waals surface area contributed by atoms with Gasteiger partial charge in [-0.3, -0.25) is 4.79 Å². The van der Waals surface area contributed by atoms with Gasteiger partial charge < -0.3 is 15.5 Å². The van der Waals surface area contributed by atoms with Crippen molar-refractivity contribution < 1.29 is 15.0 Å². The quantitative estimate of drug-likeness (QED) is 0.504. The number of aliphatic hydroxyl groups excluding tert-OH is 1. The molecule has 0 unspecified atom stereocenters. The second-order valence-corrected chi connectivity index (χ2v) is 2.90. The van der Waals surface area contributed by atoms with E-state index in [1.54, 1.807) is 0 Å². The van der Waals surface area contributed by atoms with Crippen molar-refractivity contribution in [1.29, 1.82) is 0 Å². The molecule has 0 saturated carbocycles. The molecule has 1 fully saturated rings. The lowest BCUT2D eigenvalue weighted by molar-refractivity contribution is -0.142. The van der Waals surface area contributed by atoms with Gasteiger partial charge in [0, 0.05) is 12.6 Å². The fourth-order valence-corrected chi connectivity index (χ4v) is 1.28. The predicted octanol–water partition coefficient (Wildman–Crippen LogP) is -0.569. The van der Waals surface area contributed by atoms with Crippen LogP contribution in [-0.2, 0) is 4.79 Å². The minimum absolute atomic E-state index is 0.102. The Kier molecular flexibility index (Phi) is 2.84. The van der Waals surface area contributed by atoms with Crippen molar-refractivity contribution in [3.8, 4) is 0 Å². The second kappa shape index (κ2) is 3.69. The van der Waals surface area contributed by atoms with Crippen LogP contribution in [0.4, 0.5) is 0 Å². The first kappa shape index (κ1) is 8.49. The molecule has 0 radical (unpaired) electrons. The van der Waals surface area contributed by atoms with Crippen LogP contribution in [0.2, 0.25) is 0 Å². The summed E-state index contributed by atoms with van der Waals surface area (Å²) in [4.78, 5) is 10.4. The Labute approximate surface area is 65.2 Å². The molecule has 0 aliphatic carbocycles. The minimum Gasteiger partial charge on any atom is -0.481 e. The Morgan fingerprint density at radius 3 is 2.64 bits per heavy atom. The molecule has 4 heteroatoms. The average molecular weight is 159 g/mol. The van der Waals surface area contributed by atoms with Crippen LogP contribution in [0.5, 0.6) is 0 Å². The Morgan fingerprint density at radius 2 is 2.27 bits per heavy atom. The Balaban J connectivity index is 2.30. The van der Waals surface area contributed by atoms with Gasteiger partial charge in [0.1, 0.15) is 0 Å². The number of aliphatic carboxylic acids is 1. The summed E-state index contributed by atoms with van der Waals surface area (Å²) >= 11 is 0. The highest BCUT2D eigenvalue weighted by Gasteiger charge is 2.24. The van der Waals surface area contributed by atoms with Crippen LogP contribution in [0.15, 0.2) is 0 Å². The predicted molar refractivity (Wildman–Crippen MR) is 39.2 cm³/mol. The van der Waals surface area contributed by atoms with E-state index >= 15 is 0 Å². The number of hydrogen-bond acceptors (Lipinski definition) is 3. The van der Waals surface area contributed by atoms with Crippen molar-refractivity contribution in [3.63, 3.8) is 0 Å². The van der Waals surface area contributed by atoms with E-state index in [0.29, 0.717) is 13.0 Å². The van der Waals surface area contributed by atoms with Gasteiger partial charge in [-0.15, -0.1) is 0 Å². The van der Waals surface area contributed by atoms with Crippen LogP contribution in [0, 0.1) is 5.92 Å². The van der Waals surface area contributed by atoms with Gasteiger partial charge in [0.15, 0.2) is 0 Å². The molecule has 1 rings (SSSR count). The molecule has 0 aromatic carbocycles. The van der Waals surface area contributed by atoms with Crippen LogP contribution >= 0.6 is 0 Å². The molecule has 1 aliphatic heterocycles. The van der Waals surface area contributed by atoms with Gasteiger partial charge in [-0.25, -0.2) is 0 Å². The van der Waals surface area contributed by atoms with E-state index in [0.717, 1.165) is 6.42 Å². The smallest absolute Gasteiger partial charge is 0.307 e. The molecule has 4 nitrogen and oxygen atoms in total. The molecule has 0 amide bonds. The topological polar surface area (TPSA) is 69.6 Å². The van der Waals surface area contributed by atoms with Crippen molar-refractivity contribution in [2.45, 2.75) is 18.9 Å². The number of hydrogen-bond donors (Lipinski definition) is 3. The van der Waals surface area contributed by atoms with Crippen LogP contribution in [-0.4, -0.2) is 35.4 Å². The third-order valence-corrected chi connectivity index (χ3v) is 2.09. The van der Waals surface area contributed by atoms with Crippen molar-refractivity contribution >= 4 is 5.97 Å². The van der Waals surface area contributed by atoms with Crippen molar-refractivity contribution in [2.24, 2.45) is 5.92 Å². The zero-order valence-corrected chi connectivity index (χ0v) is 6.29. The first-order valence-electron chi connectivity index (χ1n) is 3.81. The number of carboxylic acids is 1. The van der Waals surface area contributed by atoms with E-state index in [1.165, 1.54) is 0 Å². The summed E-state index contributed by atoms with van der Waals surface area (Å²) in [6, 6.07) is 0.102. The number of aliphatic hydroxyl groups is 1. The van der Waals surface area contributed by atoms with Crippen LogP contribution in [0.25, 0.3) is 0 Å². The molecule has 1 aliphatic rings. The van der Waals surface area contributed by atoms with Crippen LogP contribution in [0.1, 0.15) is 12.8 Å². The maximum absolute atomic E-state index is 10.4. The summed E-state index contributed by atoms with van der Waals surface area (Å²) < 4.78 is 0. The number of piperidine rings is 1. The van der Waals surface area contributed by atoms with Gasteiger partial charge in [0.05, 0.1) is 12.5 Å². The van der Waals surface area contributed by atoms with E-state index in [9.17, 15) is 4.79 Å². The van der Waals surface area contributed by atoms with Crippen molar-refractivity contribution in [2.75, 3.05) is 13.2 Å². The Hall–Kier alpha value is -0.610. The standard InChI is InChI=1S/C7H13NO3/c9-4-6-2-1-5(3-8-6)7(10)11/h5-6,8-9H,1-4H2,(H,10,11)/t5-,6-/m1/s1. The third-order valence-electron chi connectivity index (χ3n) is 2.09. The van der Waals surface area contributed by atoms with Crippen molar-refractivity contribution in [3.05, 3.63) is 0 Å². The number of carbonyl (C=O) groups is 1. The second-order valence-electron chi connectivity index (χ2n) is 2.90. The summed E-state index contributed by atoms with van der Waals surface area (Å²) in [5.74, 6) is -1.01. The molecule has 11 heavy (non-hydrogen) atoms. The van der Waals surface area contributed by atoms with Crippen LogP contribution in [0.3, 0.4) is 0 Å². The summed E-state index contributed by atoms with van der Waals surface area (Å²) in [7, 11) is 0. The van der Waals surface area contributed by atoms with Crippen LogP contribution < -0.4 is 5.32 Å². The minimum atomic E-state index is -0.742. The average Bonchev–Trinajstić information content (AvgIpc) is 2.05. The van der Waals surface area contributed by atoms with E-state index < -0.39 is 5.97 Å². The van der Waals surface area contributed by atoms with Gasteiger partial charge in [-0.2, -0.15) is 0 Å². The lowest BCUT2D eigenvalue weighted by atomic mass is 9.95. The van der Waals surface area contributed by atoms with Gasteiger partial charge >= 0.3 is 5.97 Å². The molecule has 0 aromatic rings. The zero-order valence-electron chi connectivity index (χ0n) is 6.29. The first-order chi connectivity index (χ1) is 5.24. The van der Waals surface area contributed by atoms with Gasteiger partial charge in [-0.1, -0.05) is 0 Å². The maximum atomic E-state index is 10.4. The zero-order chi connectivity index (χ0) is 8.27. The molecular weight excluding hydrogens is 146 g/mol. The molecule has 64 valence electrons. The van der Waals surface area contributed by atoms with E-state index in [2.05, 4.69) is 5.32 Å². The van der Waals surface area contributed by atoms with E-state index in [1.807, 2.05) is 0 Å². The molecule has 0 aromatic heterocycles. The molecule has 0 spiro atoms. The SMILES string of the molecule is O=C(O)[C@@H]1CC[C@H](CO)NC1. The number of nitrogens with one attached hydrogen (secondary N) is 1. The lowest BCUT2D eigenvalue weighted by Crippen LogP contribution is -2.43. The number of rotatable bonds is 2. The summed E-state index contributed by atoms with van der Waals surface area (Å²) in [5.41, 5.74) is 0. The molecule has 1 saturated heterocycles. The van der Waals surface area contributed by atoms with Crippen molar-refractivity contribution in [1.82, 2.24) is 5.32 Å². The largest absolute Gasteiger partial charge is 0.481 e. The third kappa shape index (κ3) is 2.17. The first-order valence-corrected chi connectivity index (χ1v) is 3.81. The fraction of sp³-hybridized carbons (Fsp3) is 0.857. The van der Waals surface area contributed by atoms with Gasteiger partial charge in [0.25, 0.3) is 0 Å². The van der Waals surface area contributed by atoms with Gasteiger partial charge in [-0.05, 0) is 12.8 Å². The monoisotopic (exact) mass is 159 g/mol. The van der Waals surface area contributed by atoms with Gasteiger partial charge in [0.2, 0.25) is 0 Å². The highest BCUT2D eigenvalue weighted by molar-refractivity contribution is 5.70. The van der Waals surface area contributed by atoms with E-state index in [4.69, 9.17) is 10.2 Å². The van der Waals surface area contributed by atoms with E-state index in [-0.39, 0.29) is 18.6 Å².